The van der Waals surface area contributed by atoms with Crippen LogP contribution < -0.4 is 10.6 Å². The van der Waals surface area contributed by atoms with Crippen molar-refractivity contribution in [2.75, 3.05) is 13.1 Å². The molecule has 4 heteroatoms. The van der Waals surface area contributed by atoms with Crippen molar-refractivity contribution < 1.29 is 5.11 Å². The first-order valence-electron chi connectivity index (χ1n) is 8.03. The number of aliphatic imine (C=N–C) groups is 1. The molecule has 0 radical (unpaired) electrons. The Labute approximate surface area is 138 Å². The lowest BCUT2D eigenvalue weighted by atomic mass is 10.1. The van der Waals surface area contributed by atoms with Gasteiger partial charge in [-0.25, -0.2) is 4.99 Å². The predicted molar refractivity (Wildman–Crippen MR) is 95.8 cm³/mol. The summed E-state index contributed by atoms with van der Waals surface area (Å²) in [4.78, 5) is 4.64. The monoisotopic (exact) mass is 311 g/mol. The van der Waals surface area contributed by atoms with E-state index in [0.29, 0.717) is 12.3 Å². The number of hydrogen-bond acceptors (Lipinski definition) is 2. The summed E-state index contributed by atoms with van der Waals surface area (Å²) in [6, 6.07) is 15.6. The minimum atomic E-state index is 0.308. The Morgan fingerprint density at radius 1 is 1.09 bits per heavy atom. The maximum atomic E-state index is 9.49. The van der Waals surface area contributed by atoms with E-state index in [4.69, 9.17) is 0 Å². The molecule has 0 heterocycles. The van der Waals surface area contributed by atoms with Gasteiger partial charge in [0, 0.05) is 13.1 Å². The number of hydrogen-bond donors (Lipinski definition) is 3. The van der Waals surface area contributed by atoms with Crippen molar-refractivity contribution in [1.82, 2.24) is 10.6 Å². The fourth-order valence-electron chi connectivity index (χ4n) is 2.33. The van der Waals surface area contributed by atoms with Crippen LogP contribution in [0.15, 0.2) is 53.5 Å². The highest BCUT2D eigenvalue weighted by Crippen LogP contribution is 2.11. The van der Waals surface area contributed by atoms with E-state index < -0.39 is 0 Å². The molecule has 0 unspecified atom stereocenters. The van der Waals surface area contributed by atoms with Crippen molar-refractivity contribution in [1.29, 1.82) is 0 Å². The molecule has 2 rings (SSSR count). The molecule has 0 aliphatic rings. The third-order valence-corrected chi connectivity index (χ3v) is 3.63. The third kappa shape index (κ3) is 5.66. The average Bonchev–Trinajstić information content (AvgIpc) is 2.54. The molecule has 0 aliphatic heterocycles. The summed E-state index contributed by atoms with van der Waals surface area (Å²) in [6.07, 6.45) is 0.836. The van der Waals surface area contributed by atoms with Crippen LogP contribution in [0.2, 0.25) is 0 Å². The van der Waals surface area contributed by atoms with Crippen LogP contribution in [0, 0.1) is 6.92 Å². The van der Waals surface area contributed by atoms with E-state index in [9.17, 15) is 5.11 Å². The maximum absolute atomic E-state index is 9.49. The molecule has 0 fully saturated rings. The first-order chi connectivity index (χ1) is 11.2. The maximum Gasteiger partial charge on any atom is 0.191 e. The third-order valence-electron chi connectivity index (χ3n) is 3.63. The van der Waals surface area contributed by atoms with E-state index in [1.165, 1.54) is 11.1 Å². The fraction of sp³-hybridized carbons (Fsp3) is 0.316. The summed E-state index contributed by atoms with van der Waals surface area (Å²) in [5, 5.41) is 16.1. The Kier molecular flexibility index (Phi) is 6.48. The van der Waals surface area contributed by atoms with E-state index in [0.717, 1.165) is 31.0 Å². The number of benzene rings is 2. The topological polar surface area (TPSA) is 56.7 Å². The van der Waals surface area contributed by atoms with Crippen molar-refractivity contribution in [2.24, 2.45) is 4.99 Å². The Balaban J connectivity index is 1.90. The van der Waals surface area contributed by atoms with Gasteiger partial charge < -0.3 is 15.7 Å². The minimum Gasteiger partial charge on any atom is -0.508 e. The lowest BCUT2D eigenvalue weighted by Gasteiger charge is -2.12. The van der Waals surface area contributed by atoms with E-state index in [1.807, 2.05) is 24.3 Å². The zero-order chi connectivity index (χ0) is 16.5. The SMILES string of the molecule is CCNC(=NCc1ccccc1C)NCCc1cccc(O)c1. The van der Waals surface area contributed by atoms with Gasteiger partial charge in [0.25, 0.3) is 0 Å². The van der Waals surface area contributed by atoms with Gasteiger partial charge in [-0.3, -0.25) is 0 Å². The second-order valence-corrected chi connectivity index (χ2v) is 5.47. The predicted octanol–water partition coefficient (Wildman–Crippen LogP) is 3.00. The van der Waals surface area contributed by atoms with Crippen LogP contribution in [0.25, 0.3) is 0 Å². The van der Waals surface area contributed by atoms with Crippen molar-refractivity contribution in [2.45, 2.75) is 26.8 Å². The van der Waals surface area contributed by atoms with E-state index in [2.05, 4.69) is 41.6 Å². The lowest BCUT2D eigenvalue weighted by molar-refractivity contribution is 0.474. The average molecular weight is 311 g/mol. The van der Waals surface area contributed by atoms with Gasteiger partial charge in [-0.1, -0.05) is 36.4 Å². The number of aromatic hydroxyl groups is 1. The van der Waals surface area contributed by atoms with Crippen LogP contribution >= 0.6 is 0 Å². The number of phenols is 1. The van der Waals surface area contributed by atoms with Gasteiger partial charge in [0.1, 0.15) is 5.75 Å². The molecule has 0 amide bonds. The number of aryl methyl sites for hydroxylation is 1. The second kappa shape index (κ2) is 8.83. The van der Waals surface area contributed by atoms with Crippen molar-refractivity contribution >= 4 is 5.96 Å². The zero-order valence-corrected chi connectivity index (χ0v) is 13.8. The van der Waals surface area contributed by atoms with Crippen LogP contribution in [0.5, 0.6) is 5.75 Å². The van der Waals surface area contributed by atoms with Crippen LogP contribution in [0.4, 0.5) is 0 Å². The largest absolute Gasteiger partial charge is 0.508 e. The molecule has 0 aliphatic carbocycles. The van der Waals surface area contributed by atoms with Gasteiger partial charge in [-0.15, -0.1) is 0 Å². The van der Waals surface area contributed by atoms with Gasteiger partial charge in [0.2, 0.25) is 0 Å². The molecule has 3 N–H and O–H groups in total. The summed E-state index contributed by atoms with van der Waals surface area (Å²) in [6.45, 7) is 6.41. The second-order valence-electron chi connectivity index (χ2n) is 5.47. The molecule has 23 heavy (non-hydrogen) atoms. The van der Waals surface area contributed by atoms with Gasteiger partial charge >= 0.3 is 0 Å². The molecule has 0 aromatic heterocycles. The minimum absolute atomic E-state index is 0.308. The summed E-state index contributed by atoms with van der Waals surface area (Å²) in [7, 11) is 0. The van der Waals surface area contributed by atoms with Crippen molar-refractivity contribution in [3.05, 3.63) is 65.2 Å². The van der Waals surface area contributed by atoms with Crippen LogP contribution in [0.1, 0.15) is 23.6 Å². The van der Waals surface area contributed by atoms with Crippen LogP contribution in [-0.2, 0) is 13.0 Å². The lowest BCUT2D eigenvalue weighted by Crippen LogP contribution is -2.38. The molecule has 0 saturated heterocycles. The summed E-state index contributed by atoms with van der Waals surface area (Å²) in [5.74, 6) is 1.12. The number of guanidine groups is 1. The molecule has 2 aromatic carbocycles. The van der Waals surface area contributed by atoms with Gasteiger partial charge in [-0.2, -0.15) is 0 Å². The first kappa shape index (κ1) is 16.9. The molecule has 0 saturated carbocycles. The Bertz CT molecular complexity index is 653. The normalized spacial score (nSPS) is 11.3. The Morgan fingerprint density at radius 2 is 1.91 bits per heavy atom. The zero-order valence-electron chi connectivity index (χ0n) is 13.8. The fourth-order valence-corrected chi connectivity index (χ4v) is 2.33. The summed E-state index contributed by atoms with van der Waals surface area (Å²) < 4.78 is 0. The summed E-state index contributed by atoms with van der Waals surface area (Å²) in [5.41, 5.74) is 3.59. The number of rotatable bonds is 6. The Hall–Kier alpha value is -2.49. The van der Waals surface area contributed by atoms with Crippen LogP contribution in [0.3, 0.4) is 0 Å². The van der Waals surface area contributed by atoms with Crippen molar-refractivity contribution in [3.8, 4) is 5.75 Å². The van der Waals surface area contributed by atoms with Gasteiger partial charge in [0.05, 0.1) is 6.54 Å². The smallest absolute Gasteiger partial charge is 0.191 e. The number of phenolic OH excluding ortho intramolecular Hbond substituents is 1. The Morgan fingerprint density at radius 3 is 2.65 bits per heavy atom. The first-order valence-corrected chi connectivity index (χ1v) is 8.03. The van der Waals surface area contributed by atoms with Crippen LogP contribution in [-0.4, -0.2) is 24.2 Å². The highest BCUT2D eigenvalue weighted by molar-refractivity contribution is 5.79. The molecular formula is C19H25N3O. The highest BCUT2D eigenvalue weighted by atomic mass is 16.3. The molecule has 2 aromatic rings. The molecular weight excluding hydrogens is 286 g/mol. The molecule has 0 spiro atoms. The van der Waals surface area contributed by atoms with E-state index >= 15 is 0 Å². The quantitative estimate of drug-likeness (QED) is 0.568. The molecule has 0 atom stereocenters. The molecule has 122 valence electrons. The standard InChI is InChI=1S/C19H25N3O/c1-3-20-19(22-14-17-9-5-4-7-15(17)2)21-12-11-16-8-6-10-18(23)13-16/h4-10,13,23H,3,11-12,14H2,1-2H3,(H2,20,21,22). The summed E-state index contributed by atoms with van der Waals surface area (Å²) >= 11 is 0. The number of nitrogens with one attached hydrogen (secondary N) is 2. The molecule has 0 bridgehead atoms. The van der Waals surface area contributed by atoms with E-state index in [-0.39, 0.29) is 0 Å². The van der Waals surface area contributed by atoms with Crippen molar-refractivity contribution in [3.63, 3.8) is 0 Å². The van der Waals surface area contributed by atoms with Gasteiger partial charge in [-0.05, 0) is 49.1 Å². The highest BCUT2D eigenvalue weighted by Gasteiger charge is 2.00. The number of nitrogens with zero attached hydrogens (tertiary/aromatic N) is 1. The molecule has 4 nitrogen and oxygen atoms in total. The van der Waals surface area contributed by atoms with Gasteiger partial charge in [0.15, 0.2) is 5.96 Å². The van der Waals surface area contributed by atoms with E-state index in [1.54, 1.807) is 12.1 Å².